The molecule has 3 N–H and O–H groups in total. The molecule has 2 aromatic carbocycles. The Morgan fingerprint density at radius 2 is 1.89 bits per heavy atom. The first-order valence-electron chi connectivity index (χ1n) is 9.47. The van der Waals surface area contributed by atoms with Gasteiger partial charge in [-0.3, -0.25) is 0 Å². The van der Waals surface area contributed by atoms with E-state index in [1.165, 1.54) is 22.2 Å². The Labute approximate surface area is 159 Å². The van der Waals surface area contributed by atoms with Crippen molar-refractivity contribution in [2.24, 2.45) is 0 Å². The summed E-state index contributed by atoms with van der Waals surface area (Å²) in [5.74, 6) is 2.46. The number of aromatic amines is 1. The third kappa shape index (κ3) is 3.23. The number of hydrogen-bond donors (Lipinski definition) is 2. The largest absolute Gasteiger partial charge is 0.497 e. The number of nitrogens with one attached hydrogen (secondary N) is 1. The number of nitrogens with two attached hydrogens (primary N) is 1. The SMILES string of the molecule is COc1ccc2[nH]c3c(c2c1)CC[NH2+][C@@H]3c1ccc(OC(C)C)c(OC)c1. The molecule has 1 aliphatic rings. The molecule has 0 amide bonds. The van der Waals surface area contributed by atoms with Crippen molar-refractivity contribution in [2.75, 3.05) is 20.8 Å². The summed E-state index contributed by atoms with van der Waals surface area (Å²) in [6.45, 7) is 5.09. The normalized spacial score (nSPS) is 16.4. The molecule has 0 aliphatic carbocycles. The summed E-state index contributed by atoms with van der Waals surface area (Å²) in [4.78, 5) is 3.64. The average molecular weight is 367 g/mol. The maximum absolute atomic E-state index is 5.86. The lowest BCUT2D eigenvalue weighted by Crippen LogP contribution is -2.87. The number of methoxy groups -OCH3 is 2. The van der Waals surface area contributed by atoms with Gasteiger partial charge in [0.2, 0.25) is 0 Å². The molecule has 1 aliphatic heterocycles. The van der Waals surface area contributed by atoms with Crippen LogP contribution in [0.5, 0.6) is 17.2 Å². The van der Waals surface area contributed by atoms with Crippen LogP contribution < -0.4 is 19.5 Å². The molecule has 0 unspecified atom stereocenters. The van der Waals surface area contributed by atoms with Crippen molar-refractivity contribution in [2.45, 2.75) is 32.4 Å². The molecule has 0 radical (unpaired) electrons. The van der Waals surface area contributed by atoms with Crippen LogP contribution in [0.1, 0.15) is 36.7 Å². The van der Waals surface area contributed by atoms with Gasteiger partial charge < -0.3 is 24.5 Å². The summed E-state index contributed by atoms with van der Waals surface area (Å²) in [5.41, 5.74) is 5.03. The molecule has 5 heteroatoms. The van der Waals surface area contributed by atoms with Gasteiger partial charge in [0.1, 0.15) is 5.75 Å². The molecule has 0 saturated carbocycles. The van der Waals surface area contributed by atoms with Crippen LogP contribution in [-0.4, -0.2) is 31.9 Å². The van der Waals surface area contributed by atoms with Crippen LogP contribution in [0.15, 0.2) is 36.4 Å². The fourth-order valence-electron chi connectivity index (χ4n) is 3.95. The van der Waals surface area contributed by atoms with Gasteiger partial charge >= 0.3 is 0 Å². The number of benzene rings is 2. The topological polar surface area (TPSA) is 60.1 Å². The number of rotatable bonds is 5. The van der Waals surface area contributed by atoms with Gasteiger partial charge in [-0.15, -0.1) is 0 Å². The summed E-state index contributed by atoms with van der Waals surface area (Å²) >= 11 is 0. The Balaban J connectivity index is 1.76. The van der Waals surface area contributed by atoms with Crippen molar-refractivity contribution in [3.63, 3.8) is 0 Å². The molecule has 0 spiro atoms. The number of quaternary nitrogens is 1. The molecule has 4 rings (SSSR count). The second-order valence-corrected chi connectivity index (χ2v) is 7.26. The first-order valence-corrected chi connectivity index (χ1v) is 9.47. The van der Waals surface area contributed by atoms with Crippen LogP contribution in [0.4, 0.5) is 0 Å². The first kappa shape index (κ1) is 17.7. The quantitative estimate of drug-likeness (QED) is 0.728. The summed E-state index contributed by atoms with van der Waals surface area (Å²) < 4.78 is 16.9. The van der Waals surface area contributed by atoms with Crippen LogP contribution in [0, 0.1) is 0 Å². The highest BCUT2D eigenvalue weighted by Gasteiger charge is 2.29. The minimum Gasteiger partial charge on any atom is -0.497 e. The molecular formula is C22H27N2O3+. The van der Waals surface area contributed by atoms with Crippen LogP contribution in [0.25, 0.3) is 10.9 Å². The summed E-state index contributed by atoms with van der Waals surface area (Å²) in [7, 11) is 3.40. The Kier molecular flexibility index (Phi) is 4.70. The smallest absolute Gasteiger partial charge is 0.161 e. The molecule has 3 aromatic rings. The van der Waals surface area contributed by atoms with Gasteiger partial charge in [0, 0.05) is 22.9 Å². The zero-order valence-corrected chi connectivity index (χ0v) is 16.3. The minimum atomic E-state index is 0.112. The highest BCUT2D eigenvalue weighted by Crippen LogP contribution is 2.36. The Morgan fingerprint density at radius 1 is 1.04 bits per heavy atom. The molecule has 1 aromatic heterocycles. The predicted octanol–water partition coefficient (Wildman–Crippen LogP) is 3.18. The summed E-state index contributed by atoms with van der Waals surface area (Å²) in [6, 6.07) is 12.7. The zero-order valence-electron chi connectivity index (χ0n) is 16.3. The molecular weight excluding hydrogens is 340 g/mol. The molecule has 1 atom stereocenters. The number of aromatic nitrogens is 1. The van der Waals surface area contributed by atoms with Gasteiger partial charge in [0.15, 0.2) is 17.5 Å². The average Bonchev–Trinajstić information content (AvgIpc) is 3.05. The lowest BCUT2D eigenvalue weighted by molar-refractivity contribution is -0.690. The lowest BCUT2D eigenvalue weighted by Gasteiger charge is -2.23. The number of ether oxygens (including phenoxy) is 3. The van der Waals surface area contributed by atoms with E-state index in [4.69, 9.17) is 14.2 Å². The van der Waals surface area contributed by atoms with Gasteiger partial charge in [-0.2, -0.15) is 0 Å². The lowest BCUT2D eigenvalue weighted by atomic mass is 9.94. The minimum absolute atomic E-state index is 0.112. The second-order valence-electron chi connectivity index (χ2n) is 7.26. The van der Waals surface area contributed by atoms with Crippen molar-refractivity contribution < 1.29 is 19.5 Å². The van der Waals surface area contributed by atoms with Crippen LogP contribution in [0.2, 0.25) is 0 Å². The monoisotopic (exact) mass is 367 g/mol. The van der Waals surface area contributed by atoms with Crippen molar-refractivity contribution in [3.05, 3.63) is 53.2 Å². The molecule has 142 valence electrons. The van der Waals surface area contributed by atoms with Crippen molar-refractivity contribution in [3.8, 4) is 17.2 Å². The highest BCUT2D eigenvalue weighted by molar-refractivity contribution is 5.86. The van der Waals surface area contributed by atoms with Gasteiger partial charge in [0.05, 0.1) is 32.6 Å². The third-order valence-corrected chi connectivity index (χ3v) is 5.16. The molecule has 0 saturated heterocycles. The molecule has 27 heavy (non-hydrogen) atoms. The third-order valence-electron chi connectivity index (χ3n) is 5.16. The van der Waals surface area contributed by atoms with Gasteiger partial charge in [-0.25, -0.2) is 0 Å². The molecule has 0 bridgehead atoms. The van der Waals surface area contributed by atoms with Crippen LogP contribution >= 0.6 is 0 Å². The van der Waals surface area contributed by atoms with Crippen LogP contribution in [-0.2, 0) is 6.42 Å². The Hall–Kier alpha value is -2.66. The van der Waals surface area contributed by atoms with E-state index in [0.717, 1.165) is 35.7 Å². The standard InChI is InChI=1S/C22H26N2O3/c1-13(2)27-19-8-5-14(11-20(19)26-4)21-22-16(9-10-23-21)17-12-15(25-3)6-7-18(17)24-22/h5-8,11-13,21,23-24H,9-10H2,1-4H3/p+1/t21-/m1/s1. The van der Waals surface area contributed by atoms with Crippen molar-refractivity contribution >= 4 is 10.9 Å². The van der Waals surface area contributed by atoms with Gasteiger partial charge in [0.25, 0.3) is 0 Å². The van der Waals surface area contributed by atoms with Crippen molar-refractivity contribution in [1.82, 2.24) is 4.98 Å². The number of hydrogen-bond acceptors (Lipinski definition) is 3. The van der Waals surface area contributed by atoms with Crippen molar-refractivity contribution in [1.29, 1.82) is 0 Å². The van der Waals surface area contributed by atoms with E-state index in [1.54, 1.807) is 14.2 Å². The van der Waals surface area contributed by atoms with Gasteiger partial charge in [-0.1, -0.05) is 0 Å². The number of fused-ring (bicyclic) bond motifs is 3. The molecule has 5 nitrogen and oxygen atoms in total. The summed E-state index contributed by atoms with van der Waals surface area (Å²) in [6.07, 6.45) is 1.16. The highest BCUT2D eigenvalue weighted by atomic mass is 16.5. The maximum Gasteiger partial charge on any atom is 0.161 e. The Morgan fingerprint density at radius 3 is 2.63 bits per heavy atom. The fourth-order valence-corrected chi connectivity index (χ4v) is 3.95. The van der Waals surface area contributed by atoms with E-state index in [1.807, 2.05) is 26.0 Å². The van der Waals surface area contributed by atoms with E-state index >= 15 is 0 Å². The van der Waals surface area contributed by atoms with E-state index in [2.05, 4.69) is 34.6 Å². The zero-order chi connectivity index (χ0) is 19.0. The maximum atomic E-state index is 5.86. The van der Waals surface area contributed by atoms with E-state index < -0.39 is 0 Å². The van der Waals surface area contributed by atoms with Crippen LogP contribution in [0.3, 0.4) is 0 Å². The van der Waals surface area contributed by atoms with E-state index in [0.29, 0.717) is 0 Å². The van der Waals surface area contributed by atoms with E-state index in [9.17, 15) is 0 Å². The van der Waals surface area contributed by atoms with Gasteiger partial charge in [-0.05, 0) is 55.8 Å². The second kappa shape index (κ2) is 7.16. The summed E-state index contributed by atoms with van der Waals surface area (Å²) in [5, 5.41) is 3.64. The fraction of sp³-hybridized carbons (Fsp3) is 0.364. The Bertz CT molecular complexity index is 962. The van der Waals surface area contributed by atoms with E-state index in [-0.39, 0.29) is 12.1 Å². The molecule has 2 heterocycles. The molecule has 0 fully saturated rings. The predicted molar refractivity (Wildman–Crippen MR) is 106 cm³/mol. The number of H-pyrrole nitrogens is 1. The first-order chi connectivity index (χ1) is 13.1.